The van der Waals surface area contributed by atoms with Gasteiger partial charge in [-0.25, -0.2) is 9.80 Å². The summed E-state index contributed by atoms with van der Waals surface area (Å²) in [6, 6.07) is 47.8. The summed E-state index contributed by atoms with van der Waals surface area (Å²) < 4.78 is 76.1. The molecule has 5 amide bonds. The fourth-order valence-electron chi connectivity index (χ4n) is 15.9. The third-order valence-electron chi connectivity index (χ3n) is 21.2. The molecule has 10 aromatic rings. The van der Waals surface area contributed by atoms with Crippen LogP contribution in [-0.2, 0) is 38.2 Å². The van der Waals surface area contributed by atoms with Crippen molar-refractivity contribution in [3.8, 4) is 69.0 Å². The maximum Gasteiger partial charge on any atom is 1.00 e. The molecular formula is C84H52N5NaO28. The number of carboxylic acid groups (broad SMARTS) is 1. The van der Waals surface area contributed by atoms with E-state index in [0.29, 0.717) is 108 Å². The van der Waals surface area contributed by atoms with E-state index in [1.807, 2.05) is 0 Å². The number of nitrogens with zero attached hydrogens (tertiary/aromatic N) is 4. The van der Waals surface area contributed by atoms with Crippen LogP contribution in [0.1, 0.15) is 75.1 Å². The molecule has 6 atom stereocenters. The molecule has 0 radical (unpaired) electrons. The van der Waals surface area contributed by atoms with E-state index in [0.717, 1.165) is 16.1 Å². The van der Waals surface area contributed by atoms with Crippen LogP contribution < -0.4 is 123 Å². The third-order valence-corrected chi connectivity index (χ3v) is 21.2. The molecule has 0 aromatic heterocycles. The molecule has 10 aromatic carbocycles. The molecular weight excluding hydrogens is 1550 g/mol. The van der Waals surface area contributed by atoms with Crippen molar-refractivity contribution < 1.29 is 159 Å². The van der Waals surface area contributed by atoms with E-state index in [2.05, 4.69) is 10.1 Å². The summed E-state index contributed by atoms with van der Waals surface area (Å²) in [5, 5.41) is 15.6. The number of benzene rings is 9. The van der Waals surface area contributed by atoms with Crippen molar-refractivity contribution in [2.24, 2.45) is 23.7 Å². The molecule has 3 fully saturated rings. The van der Waals surface area contributed by atoms with Crippen LogP contribution >= 0.6 is 0 Å². The average Bonchev–Trinajstić information content (AvgIpc) is 1.52. The number of ketones is 4. The molecule has 2 spiro atoms. The zero-order chi connectivity index (χ0) is 80.9. The molecule has 34 heteroatoms. The van der Waals surface area contributed by atoms with Crippen molar-refractivity contribution in [1.29, 1.82) is 0 Å². The van der Waals surface area contributed by atoms with Gasteiger partial charge in [0.15, 0.2) is 69.0 Å². The predicted octanol–water partition coefficient (Wildman–Crippen LogP) is 3.14. The number of aldehydes is 1. The van der Waals surface area contributed by atoms with E-state index in [9.17, 15) is 67.4 Å². The maximum absolute atomic E-state index is 14.1. The Morgan fingerprint density at radius 2 is 0.814 bits per heavy atom. The largest absolute Gasteiger partial charge is 1.00 e. The number of carbonyl (C=O) groups excluding carboxylic acids is 11. The van der Waals surface area contributed by atoms with Crippen LogP contribution in [0.3, 0.4) is 0 Å². The van der Waals surface area contributed by atoms with Crippen LogP contribution in [-0.4, -0.2) is 122 Å². The fraction of sp³-hybridized carbons (Fsp3) is 0.167. The summed E-state index contributed by atoms with van der Waals surface area (Å²) in [6.45, 7) is 0.487. The fourth-order valence-corrected chi connectivity index (χ4v) is 15.9. The van der Waals surface area contributed by atoms with Gasteiger partial charge in [-0.15, -0.1) is 0 Å². The van der Waals surface area contributed by atoms with Crippen molar-refractivity contribution in [3.63, 3.8) is 0 Å². The molecule has 10 aliphatic heterocycles. The standard InChI is InChI=1S/C28H19NO10.C28H17NO9.C11H7NO4.C9H4N2O2.C8H6O3.Na/c30-24-15-3-1-2-4-16(15)25(31)28(24)22(27(33)34)21(23(39-28)13-5-7-17-19(9-13)37-11-35-17)26(32)29-14-6-8-18-20(10-14)38-12-36-18;30-24-15-3-1-2-4-16(15)25(31)28(24)22-21(23(38-28)13-5-7-17-19(9-13)36-11-34-17)26(32)29(27(22)33)14-6-8-18-20(10-14)37-12-35-18;13-10-3-4-11(14)12(10)7-1-2-8-9(5-7)16-6-15-8;10-11-7-8(12)5-3-1-2-4-6(5)9(7)13;9-4-6-1-2-7-8(3-6)11-5-10-7;/h1-10,21-23H,11-12H2,(H,29,32)(H,33,34);1-10,21-23H,11-12H2;1-5H,6H2;1-4H;1-4H,5H2;/q;;;;;+1/p-1. The van der Waals surface area contributed by atoms with Crippen LogP contribution in [0.25, 0.3) is 16.3 Å². The number of rotatable bonds is 8. The number of ether oxygens (including phenoxy) is 14. The molecule has 118 heavy (non-hydrogen) atoms. The molecule has 22 rings (SSSR count). The molecule has 1 N–H and O–H groups in total. The Hall–Kier alpha value is -14.5. The van der Waals surface area contributed by atoms with Gasteiger partial charge in [-0.3, -0.25) is 57.5 Å². The quantitative estimate of drug-likeness (QED) is 0.0570. The van der Waals surface area contributed by atoms with Crippen molar-refractivity contribution in [3.05, 3.63) is 264 Å². The van der Waals surface area contributed by atoms with Gasteiger partial charge in [0.1, 0.15) is 6.29 Å². The first-order valence-electron chi connectivity index (χ1n) is 35.7. The van der Waals surface area contributed by atoms with Crippen molar-refractivity contribution in [2.75, 3.05) is 55.9 Å². The van der Waals surface area contributed by atoms with Crippen molar-refractivity contribution in [1.82, 2.24) is 0 Å². The summed E-state index contributed by atoms with van der Waals surface area (Å²) in [5.41, 5.74) is 5.61. The first-order valence-corrected chi connectivity index (χ1v) is 35.7. The Balaban J connectivity index is 0.000000116. The molecule has 10 heterocycles. The molecule has 6 unspecified atom stereocenters. The average molecular weight is 1600 g/mol. The van der Waals surface area contributed by atoms with Crippen LogP contribution in [0.15, 0.2) is 204 Å². The first-order chi connectivity index (χ1) is 56.8. The second kappa shape index (κ2) is 30.1. The number of hydrogen-bond donors (Lipinski definition) is 1. The van der Waals surface area contributed by atoms with Crippen LogP contribution in [0.4, 0.5) is 17.1 Å². The number of Topliss-reactive ketones (excluding diaryl/α,β-unsaturated/α-hetero) is 4. The van der Waals surface area contributed by atoms with Gasteiger partial charge in [0.25, 0.3) is 22.7 Å². The zero-order valence-electron chi connectivity index (χ0n) is 61.0. The van der Waals surface area contributed by atoms with Crippen molar-refractivity contribution in [2.45, 2.75) is 23.4 Å². The number of amides is 5. The smallest absolute Gasteiger partial charge is 0.550 e. The third kappa shape index (κ3) is 12.4. The second-order valence-corrected chi connectivity index (χ2v) is 27.4. The van der Waals surface area contributed by atoms with Gasteiger partial charge in [0.2, 0.25) is 92.8 Å². The van der Waals surface area contributed by atoms with Gasteiger partial charge in [0.05, 0.1) is 47.3 Å². The van der Waals surface area contributed by atoms with E-state index < -0.39 is 110 Å². The molecule has 2 aliphatic carbocycles. The zero-order valence-corrected chi connectivity index (χ0v) is 63.0. The molecule has 33 nitrogen and oxygen atoms in total. The van der Waals surface area contributed by atoms with Gasteiger partial charge in [-0.2, -0.15) is 4.79 Å². The van der Waals surface area contributed by atoms with E-state index in [1.165, 1.54) is 66.7 Å². The molecule has 3 saturated heterocycles. The Morgan fingerprint density at radius 1 is 0.432 bits per heavy atom. The topological polar surface area (TPSA) is 429 Å². The summed E-state index contributed by atoms with van der Waals surface area (Å²) in [6.07, 6.45) is 0.882. The SMILES string of the molecule is O=C(Nc1ccc2c(c1)OCO2)C1C(c2ccc3c(c2)OCO3)OC2(C(=O)c3ccccc3C2=O)C1C(=O)[O-].O=C1C2C(c3ccc4c(c3)OCO4)OC3(C(=O)c4ccccc4C3=O)C2C(=O)N1c1ccc2c(c1)OCO2.O=C1C=CC(=O)N1c1ccc2c(c1)OCO2.O=Cc1ccc2c(c1)OCO2.[N-]=[N+]=c1c(=O)c2ccccc2c1=O.[Na+]. The second-order valence-electron chi connectivity index (χ2n) is 27.4. The Labute approximate surface area is 683 Å². The van der Waals surface area contributed by atoms with E-state index in [-0.39, 0.29) is 110 Å². The number of anilines is 3. The normalized spacial score (nSPS) is 20.6. The molecule has 0 saturated carbocycles. The summed E-state index contributed by atoms with van der Waals surface area (Å²) >= 11 is 0. The van der Waals surface area contributed by atoms with Crippen LogP contribution in [0.2, 0.25) is 0 Å². The minimum absolute atomic E-state index is 0. The van der Waals surface area contributed by atoms with Gasteiger partial charge in [0, 0.05) is 80.6 Å². The number of carboxylic acids is 1. The van der Waals surface area contributed by atoms with Gasteiger partial charge in [-0.05, 0) is 102 Å². The summed E-state index contributed by atoms with van der Waals surface area (Å²) in [7, 11) is 0. The Bertz CT molecular complexity index is 6170. The van der Waals surface area contributed by atoms with E-state index in [1.54, 1.807) is 127 Å². The minimum atomic E-state index is -2.49. The number of fused-ring (bicyclic) bond motifs is 11. The summed E-state index contributed by atoms with van der Waals surface area (Å²) in [4.78, 5) is 170. The van der Waals surface area contributed by atoms with Crippen LogP contribution in [0.5, 0.6) is 69.0 Å². The number of aliphatic carboxylic acids is 1. The predicted molar refractivity (Wildman–Crippen MR) is 391 cm³/mol. The van der Waals surface area contributed by atoms with Gasteiger partial charge < -0.3 is 87.1 Å². The monoisotopic (exact) mass is 1600 g/mol. The van der Waals surface area contributed by atoms with Crippen LogP contribution in [0, 0.1) is 23.7 Å². The van der Waals surface area contributed by atoms with E-state index >= 15 is 0 Å². The van der Waals surface area contributed by atoms with Gasteiger partial charge in [-0.1, -0.05) is 72.8 Å². The summed E-state index contributed by atoms with van der Waals surface area (Å²) in [5.74, 6) is -7.32. The first kappa shape index (κ1) is 76.2. The maximum atomic E-state index is 14.1. The van der Waals surface area contributed by atoms with Crippen molar-refractivity contribution >= 4 is 92.8 Å². The Kier molecular flexibility index (Phi) is 19.4. The Morgan fingerprint density at radius 3 is 1.27 bits per heavy atom. The number of hydrogen-bond acceptors (Lipinski definition) is 28. The number of carbonyl (C=O) groups is 11. The number of nitrogens with one attached hydrogen (secondary N) is 1. The molecule has 0 bridgehead atoms. The van der Waals surface area contributed by atoms with E-state index in [4.69, 9.17) is 71.8 Å². The number of imide groups is 2. The molecule has 12 aliphatic rings. The minimum Gasteiger partial charge on any atom is -0.550 e. The molecule has 582 valence electrons. The van der Waals surface area contributed by atoms with Gasteiger partial charge >= 0.3 is 34.9 Å².